The van der Waals surface area contributed by atoms with Crippen LogP contribution in [0.3, 0.4) is 0 Å². The minimum atomic E-state index is -0.0747. The molecule has 2 heteroatoms. The van der Waals surface area contributed by atoms with E-state index < -0.39 is 0 Å². The zero-order valence-electron chi connectivity index (χ0n) is 5.25. The zero-order valence-corrected chi connectivity index (χ0v) is 6.14. The standard InChI is InChI=1S/C7H11NS/c8-6-7(9)4-2-1-3-5-7/h1-4,9H,5-6,8H2. The SMILES string of the molecule is NCC1(S)C=CC=CC1. The largest absolute Gasteiger partial charge is 0.329 e. The molecule has 0 aromatic carbocycles. The smallest absolute Gasteiger partial charge is 0.0468 e. The van der Waals surface area contributed by atoms with Crippen LogP contribution in [0.15, 0.2) is 24.3 Å². The molecule has 0 spiro atoms. The van der Waals surface area contributed by atoms with Crippen LogP contribution in [0.1, 0.15) is 6.42 Å². The third kappa shape index (κ3) is 1.60. The predicted octanol–water partition coefficient (Wildman–Crippen LogP) is 1.13. The van der Waals surface area contributed by atoms with Crippen LogP contribution in [-0.4, -0.2) is 11.3 Å². The molecular weight excluding hydrogens is 130 g/mol. The summed E-state index contributed by atoms with van der Waals surface area (Å²) in [6.45, 7) is 0.608. The quantitative estimate of drug-likeness (QED) is 0.526. The number of hydrogen-bond acceptors (Lipinski definition) is 2. The monoisotopic (exact) mass is 141 g/mol. The number of rotatable bonds is 1. The number of hydrogen-bond donors (Lipinski definition) is 2. The van der Waals surface area contributed by atoms with Gasteiger partial charge in [-0.3, -0.25) is 0 Å². The van der Waals surface area contributed by atoms with E-state index in [9.17, 15) is 0 Å². The van der Waals surface area contributed by atoms with Crippen molar-refractivity contribution >= 4 is 12.6 Å². The average Bonchev–Trinajstić information content (AvgIpc) is 1.90. The molecule has 9 heavy (non-hydrogen) atoms. The van der Waals surface area contributed by atoms with E-state index in [-0.39, 0.29) is 4.75 Å². The molecule has 2 N–H and O–H groups in total. The molecule has 1 rings (SSSR count). The molecule has 0 amide bonds. The van der Waals surface area contributed by atoms with E-state index >= 15 is 0 Å². The summed E-state index contributed by atoms with van der Waals surface area (Å²) in [5, 5.41) is 0. The van der Waals surface area contributed by atoms with E-state index in [1.54, 1.807) is 0 Å². The van der Waals surface area contributed by atoms with Gasteiger partial charge in [-0.2, -0.15) is 12.6 Å². The van der Waals surface area contributed by atoms with Gasteiger partial charge in [-0.15, -0.1) is 0 Å². The molecule has 1 unspecified atom stereocenters. The summed E-state index contributed by atoms with van der Waals surface area (Å²) >= 11 is 4.39. The summed E-state index contributed by atoms with van der Waals surface area (Å²) in [5.41, 5.74) is 5.48. The summed E-state index contributed by atoms with van der Waals surface area (Å²) in [4.78, 5) is 0. The maximum absolute atomic E-state index is 5.48. The van der Waals surface area contributed by atoms with Crippen molar-refractivity contribution in [3.63, 3.8) is 0 Å². The highest BCUT2D eigenvalue weighted by Gasteiger charge is 2.18. The Morgan fingerprint density at radius 1 is 1.56 bits per heavy atom. The fraction of sp³-hybridized carbons (Fsp3) is 0.429. The number of allylic oxidation sites excluding steroid dienone is 3. The Hall–Kier alpha value is -0.210. The molecular formula is C7H11NS. The van der Waals surface area contributed by atoms with Gasteiger partial charge in [0.15, 0.2) is 0 Å². The minimum Gasteiger partial charge on any atom is -0.329 e. The van der Waals surface area contributed by atoms with E-state index in [0.717, 1.165) is 6.42 Å². The van der Waals surface area contributed by atoms with Gasteiger partial charge in [-0.05, 0) is 6.42 Å². The molecule has 1 atom stereocenters. The van der Waals surface area contributed by atoms with Crippen molar-refractivity contribution in [1.29, 1.82) is 0 Å². The molecule has 1 aliphatic rings. The first kappa shape index (κ1) is 6.90. The summed E-state index contributed by atoms with van der Waals surface area (Å²) in [6, 6.07) is 0. The molecule has 1 aliphatic carbocycles. The van der Waals surface area contributed by atoms with Crippen LogP contribution in [0.2, 0.25) is 0 Å². The molecule has 0 aromatic rings. The molecule has 0 saturated carbocycles. The Morgan fingerprint density at radius 3 is 2.67 bits per heavy atom. The summed E-state index contributed by atoms with van der Waals surface area (Å²) in [6.07, 6.45) is 9.08. The van der Waals surface area contributed by atoms with Crippen LogP contribution < -0.4 is 5.73 Å². The van der Waals surface area contributed by atoms with Crippen molar-refractivity contribution in [1.82, 2.24) is 0 Å². The highest BCUT2D eigenvalue weighted by molar-refractivity contribution is 7.82. The average molecular weight is 141 g/mol. The number of thiol groups is 1. The van der Waals surface area contributed by atoms with Crippen LogP contribution in [-0.2, 0) is 0 Å². The first-order valence-electron chi connectivity index (χ1n) is 3.04. The lowest BCUT2D eigenvalue weighted by Crippen LogP contribution is -2.29. The third-order valence-electron chi connectivity index (χ3n) is 1.48. The lowest BCUT2D eigenvalue weighted by atomic mass is 10.0. The van der Waals surface area contributed by atoms with Crippen LogP contribution >= 0.6 is 12.6 Å². The molecule has 0 aliphatic heterocycles. The van der Waals surface area contributed by atoms with Crippen LogP contribution in [0, 0.1) is 0 Å². The van der Waals surface area contributed by atoms with Crippen LogP contribution in [0.4, 0.5) is 0 Å². The summed E-state index contributed by atoms with van der Waals surface area (Å²) in [7, 11) is 0. The van der Waals surface area contributed by atoms with Crippen molar-refractivity contribution in [2.45, 2.75) is 11.2 Å². The van der Waals surface area contributed by atoms with Crippen molar-refractivity contribution in [3.8, 4) is 0 Å². The normalized spacial score (nSPS) is 33.1. The molecule has 1 nitrogen and oxygen atoms in total. The maximum atomic E-state index is 5.48. The lowest BCUT2D eigenvalue weighted by Gasteiger charge is -2.22. The van der Waals surface area contributed by atoms with E-state index in [0.29, 0.717) is 6.54 Å². The van der Waals surface area contributed by atoms with Gasteiger partial charge in [0, 0.05) is 11.3 Å². The fourth-order valence-corrected chi connectivity index (χ4v) is 0.996. The molecule has 0 aromatic heterocycles. The van der Waals surface area contributed by atoms with Gasteiger partial charge < -0.3 is 5.73 Å². The third-order valence-corrected chi connectivity index (χ3v) is 1.99. The van der Waals surface area contributed by atoms with Gasteiger partial charge >= 0.3 is 0 Å². The van der Waals surface area contributed by atoms with E-state index in [1.807, 2.05) is 18.2 Å². The van der Waals surface area contributed by atoms with Gasteiger partial charge in [0.2, 0.25) is 0 Å². The van der Waals surface area contributed by atoms with Gasteiger partial charge in [0.05, 0.1) is 0 Å². The predicted molar refractivity (Wildman–Crippen MR) is 43.7 cm³/mol. The Morgan fingerprint density at radius 2 is 2.33 bits per heavy atom. The second kappa shape index (κ2) is 2.58. The molecule has 0 saturated heterocycles. The maximum Gasteiger partial charge on any atom is 0.0468 e. The summed E-state index contributed by atoms with van der Waals surface area (Å²) < 4.78 is -0.0747. The van der Waals surface area contributed by atoms with E-state index in [4.69, 9.17) is 5.73 Å². The Kier molecular flexibility index (Phi) is 1.98. The minimum absolute atomic E-state index is 0.0747. The van der Waals surface area contributed by atoms with Crippen molar-refractivity contribution in [2.75, 3.05) is 6.54 Å². The second-order valence-corrected chi connectivity index (χ2v) is 3.19. The van der Waals surface area contributed by atoms with Gasteiger partial charge in [-0.25, -0.2) is 0 Å². The zero-order chi connectivity index (χ0) is 6.74. The van der Waals surface area contributed by atoms with E-state index in [2.05, 4.69) is 18.7 Å². The van der Waals surface area contributed by atoms with Crippen LogP contribution in [0.5, 0.6) is 0 Å². The van der Waals surface area contributed by atoms with Crippen molar-refractivity contribution in [2.24, 2.45) is 5.73 Å². The first-order chi connectivity index (χ1) is 4.27. The highest BCUT2D eigenvalue weighted by atomic mass is 32.1. The molecule has 0 fully saturated rings. The van der Waals surface area contributed by atoms with E-state index in [1.165, 1.54) is 0 Å². The first-order valence-corrected chi connectivity index (χ1v) is 3.48. The van der Waals surface area contributed by atoms with Gasteiger partial charge in [-0.1, -0.05) is 24.3 Å². The Labute approximate surface area is 61.0 Å². The second-order valence-electron chi connectivity index (χ2n) is 2.30. The fourth-order valence-electron chi connectivity index (χ4n) is 0.805. The van der Waals surface area contributed by atoms with Gasteiger partial charge in [0.25, 0.3) is 0 Å². The molecule has 0 radical (unpaired) electrons. The van der Waals surface area contributed by atoms with Crippen molar-refractivity contribution in [3.05, 3.63) is 24.3 Å². The molecule has 50 valence electrons. The van der Waals surface area contributed by atoms with Gasteiger partial charge in [0.1, 0.15) is 0 Å². The van der Waals surface area contributed by atoms with Crippen molar-refractivity contribution < 1.29 is 0 Å². The van der Waals surface area contributed by atoms with Crippen LogP contribution in [0.25, 0.3) is 0 Å². The topological polar surface area (TPSA) is 26.0 Å². The Balaban J connectivity index is 2.63. The number of nitrogens with two attached hydrogens (primary N) is 1. The Bertz CT molecular complexity index is 151. The summed E-state index contributed by atoms with van der Waals surface area (Å²) in [5.74, 6) is 0. The lowest BCUT2D eigenvalue weighted by molar-refractivity contribution is 0.731. The molecule has 0 heterocycles. The highest BCUT2D eigenvalue weighted by Crippen LogP contribution is 2.22. The molecule has 0 bridgehead atoms.